The number of nitrogens with zero attached hydrogens (tertiary/aromatic N) is 4. The number of methoxy groups -OCH3 is 1. The first kappa shape index (κ1) is 23.9. The molecule has 174 valence electrons. The van der Waals surface area contributed by atoms with Gasteiger partial charge in [0.15, 0.2) is 0 Å². The summed E-state index contributed by atoms with van der Waals surface area (Å²) in [6, 6.07) is 7.63. The van der Waals surface area contributed by atoms with Crippen LogP contribution in [0.3, 0.4) is 0 Å². The Hall–Kier alpha value is -2.74. The van der Waals surface area contributed by atoms with Gasteiger partial charge in [-0.25, -0.2) is 4.39 Å². The fourth-order valence-corrected chi connectivity index (χ4v) is 4.47. The first-order chi connectivity index (χ1) is 15.3. The van der Waals surface area contributed by atoms with E-state index in [-0.39, 0.29) is 17.6 Å². The highest BCUT2D eigenvalue weighted by atomic mass is 19.1. The number of carbonyl (C=O) groups excluding carboxylic acids is 2. The Morgan fingerprint density at radius 3 is 2.66 bits per heavy atom. The second-order valence-electron chi connectivity index (χ2n) is 8.42. The summed E-state index contributed by atoms with van der Waals surface area (Å²) in [5, 5.41) is 4.53. The zero-order valence-corrected chi connectivity index (χ0v) is 19.4. The number of amides is 2. The Bertz CT molecular complexity index is 928. The summed E-state index contributed by atoms with van der Waals surface area (Å²) in [6.45, 7) is 6.03. The van der Waals surface area contributed by atoms with Crippen LogP contribution < -0.4 is 0 Å². The molecular weight excluding hydrogens is 411 g/mol. The minimum absolute atomic E-state index is 0.0141. The first-order valence-corrected chi connectivity index (χ1v) is 11.2. The Balaban J connectivity index is 1.87. The van der Waals surface area contributed by atoms with Gasteiger partial charge in [0, 0.05) is 33.7 Å². The lowest BCUT2D eigenvalue weighted by atomic mass is 9.83. The lowest BCUT2D eigenvalue weighted by Gasteiger charge is -2.42. The van der Waals surface area contributed by atoms with Gasteiger partial charge in [0.2, 0.25) is 11.8 Å². The maximum atomic E-state index is 13.6. The molecule has 1 aromatic heterocycles. The van der Waals surface area contributed by atoms with Gasteiger partial charge in [0.25, 0.3) is 0 Å². The molecule has 1 saturated heterocycles. The van der Waals surface area contributed by atoms with Gasteiger partial charge in [-0.15, -0.1) is 0 Å². The minimum atomic E-state index is -0.454. The molecule has 2 heterocycles. The van der Waals surface area contributed by atoms with E-state index in [1.54, 1.807) is 36.1 Å². The summed E-state index contributed by atoms with van der Waals surface area (Å²) in [5.74, 6) is -0.807. The largest absolute Gasteiger partial charge is 0.383 e. The highest BCUT2D eigenvalue weighted by Crippen LogP contribution is 2.38. The number of piperidine rings is 1. The smallest absolute Gasteiger partial charge is 0.228 e. The van der Waals surface area contributed by atoms with Crippen LogP contribution in [0.15, 0.2) is 30.3 Å². The summed E-state index contributed by atoms with van der Waals surface area (Å²) < 4.78 is 20.7. The number of likely N-dealkylation sites (tertiary alicyclic amines) is 1. The number of benzene rings is 1. The molecule has 1 aromatic carbocycles. The van der Waals surface area contributed by atoms with Crippen molar-refractivity contribution in [1.82, 2.24) is 19.6 Å². The Morgan fingerprint density at radius 1 is 1.28 bits per heavy atom. The van der Waals surface area contributed by atoms with Crippen molar-refractivity contribution in [3.05, 3.63) is 53.1 Å². The van der Waals surface area contributed by atoms with Crippen molar-refractivity contribution in [2.24, 2.45) is 5.92 Å². The molecule has 0 N–H and O–H groups in total. The molecule has 0 spiro atoms. The van der Waals surface area contributed by atoms with E-state index in [2.05, 4.69) is 12.0 Å². The van der Waals surface area contributed by atoms with Crippen LogP contribution >= 0.6 is 0 Å². The first-order valence-electron chi connectivity index (χ1n) is 11.2. The molecule has 32 heavy (non-hydrogen) atoms. The average Bonchev–Trinajstić information content (AvgIpc) is 3.11. The highest BCUT2D eigenvalue weighted by Gasteiger charge is 2.41. The van der Waals surface area contributed by atoms with Crippen LogP contribution in [0.1, 0.15) is 49.2 Å². The Morgan fingerprint density at radius 2 is 2.00 bits per heavy atom. The molecule has 7 nitrogen and oxygen atoms in total. The fourth-order valence-electron chi connectivity index (χ4n) is 4.47. The van der Waals surface area contributed by atoms with Crippen LogP contribution in [-0.2, 0) is 27.4 Å². The number of aryl methyl sites for hydroxylation is 2. The molecule has 1 aliphatic heterocycles. The molecule has 1 fully saturated rings. The van der Waals surface area contributed by atoms with Gasteiger partial charge in [-0.2, -0.15) is 5.10 Å². The summed E-state index contributed by atoms with van der Waals surface area (Å²) in [5.41, 5.74) is 2.67. The van der Waals surface area contributed by atoms with Gasteiger partial charge in [-0.1, -0.05) is 19.1 Å². The Labute approximate surface area is 189 Å². The van der Waals surface area contributed by atoms with Crippen molar-refractivity contribution in [2.45, 2.75) is 52.2 Å². The van der Waals surface area contributed by atoms with E-state index in [1.807, 2.05) is 17.7 Å². The molecule has 0 aliphatic carbocycles. The maximum Gasteiger partial charge on any atom is 0.228 e. The predicted molar refractivity (Wildman–Crippen MR) is 119 cm³/mol. The molecule has 3 rings (SSSR count). The van der Waals surface area contributed by atoms with Crippen molar-refractivity contribution in [1.29, 1.82) is 0 Å². The van der Waals surface area contributed by atoms with Crippen LogP contribution in [0.4, 0.5) is 4.39 Å². The fraction of sp³-hybridized carbons (Fsp3) is 0.542. The predicted octanol–water partition coefficient (Wildman–Crippen LogP) is 3.33. The number of aromatic nitrogens is 2. The van der Waals surface area contributed by atoms with Crippen LogP contribution in [-0.4, -0.2) is 58.7 Å². The van der Waals surface area contributed by atoms with Gasteiger partial charge in [0.05, 0.1) is 36.5 Å². The minimum Gasteiger partial charge on any atom is -0.383 e. The molecular formula is C24H33FN4O3. The van der Waals surface area contributed by atoms with E-state index in [0.717, 1.165) is 29.9 Å². The molecule has 0 bridgehead atoms. The van der Waals surface area contributed by atoms with E-state index >= 15 is 0 Å². The van der Waals surface area contributed by atoms with Crippen molar-refractivity contribution in [2.75, 3.05) is 27.3 Å². The third-order valence-corrected chi connectivity index (χ3v) is 5.97. The van der Waals surface area contributed by atoms with E-state index in [0.29, 0.717) is 32.5 Å². The third-order valence-electron chi connectivity index (χ3n) is 5.97. The second-order valence-corrected chi connectivity index (χ2v) is 8.42. The van der Waals surface area contributed by atoms with Crippen molar-refractivity contribution >= 4 is 11.8 Å². The number of halogens is 1. The quantitative estimate of drug-likeness (QED) is 0.595. The van der Waals surface area contributed by atoms with Crippen molar-refractivity contribution < 1.29 is 18.7 Å². The van der Waals surface area contributed by atoms with Gasteiger partial charge in [0.1, 0.15) is 5.82 Å². The summed E-state index contributed by atoms with van der Waals surface area (Å²) >= 11 is 0. The van der Waals surface area contributed by atoms with Gasteiger partial charge in [-0.05, 0) is 43.5 Å². The SMILES string of the molecule is CCCn1nc(C)cc1CN(C)C(=O)[C@@H]1CCC(=O)N(CCOC)[C@H]1c1ccc(F)cc1. The molecule has 0 unspecified atom stereocenters. The molecule has 2 atom stereocenters. The summed E-state index contributed by atoms with van der Waals surface area (Å²) in [4.78, 5) is 29.8. The second kappa shape index (κ2) is 10.7. The van der Waals surface area contributed by atoms with Gasteiger partial charge < -0.3 is 14.5 Å². The molecule has 0 saturated carbocycles. The zero-order chi connectivity index (χ0) is 23.3. The lowest BCUT2D eigenvalue weighted by molar-refractivity contribution is -0.148. The monoisotopic (exact) mass is 444 g/mol. The molecule has 1 aliphatic rings. The van der Waals surface area contributed by atoms with Crippen molar-refractivity contribution in [3.63, 3.8) is 0 Å². The number of rotatable bonds is 9. The summed E-state index contributed by atoms with van der Waals surface area (Å²) in [7, 11) is 3.37. The van der Waals surface area contributed by atoms with Crippen LogP contribution in [0, 0.1) is 18.7 Å². The number of carbonyl (C=O) groups is 2. The maximum absolute atomic E-state index is 13.6. The number of hydrogen-bond acceptors (Lipinski definition) is 4. The van der Waals surface area contributed by atoms with Crippen LogP contribution in [0.5, 0.6) is 0 Å². The zero-order valence-electron chi connectivity index (χ0n) is 19.4. The van der Waals surface area contributed by atoms with Crippen molar-refractivity contribution in [3.8, 4) is 0 Å². The average molecular weight is 445 g/mol. The topological polar surface area (TPSA) is 67.7 Å². The van der Waals surface area contributed by atoms with E-state index < -0.39 is 12.0 Å². The van der Waals surface area contributed by atoms with Crippen LogP contribution in [0.2, 0.25) is 0 Å². The lowest BCUT2D eigenvalue weighted by Crippen LogP contribution is -2.49. The van der Waals surface area contributed by atoms with E-state index in [1.165, 1.54) is 12.1 Å². The van der Waals surface area contributed by atoms with Gasteiger partial charge in [-0.3, -0.25) is 14.3 Å². The highest BCUT2D eigenvalue weighted by molar-refractivity contribution is 5.85. The Kier molecular flexibility index (Phi) is 8.01. The molecule has 2 amide bonds. The number of ether oxygens (including phenoxy) is 1. The standard InChI is InChI=1S/C24H33FN4O3/c1-5-12-29-20(15-17(2)26-29)16-27(3)24(31)21-10-11-22(30)28(13-14-32-4)23(21)18-6-8-19(25)9-7-18/h6-9,15,21,23H,5,10-14,16H2,1-4H3/t21-,23+/m1/s1. The molecule has 8 heteroatoms. The molecule has 0 radical (unpaired) electrons. The third kappa shape index (κ3) is 5.35. The van der Waals surface area contributed by atoms with Crippen LogP contribution in [0.25, 0.3) is 0 Å². The normalized spacial score (nSPS) is 18.8. The van der Waals surface area contributed by atoms with Gasteiger partial charge >= 0.3 is 0 Å². The summed E-state index contributed by atoms with van der Waals surface area (Å²) in [6.07, 6.45) is 1.72. The molecule has 2 aromatic rings. The van der Waals surface area contributed by atoms with E-state index in [4.69, 9.17) is 4.74 Å². The van der Waals surface area contributed by atoms with E-state index in [9.17, 15) is 14.0 Å². The number of hydrogen-bond donors (Lipinski definition) is 0.